The molecule has 0 spiro atoms. The monoisotopic (exact) mass is 238 g/mol. The summed E-state index contributed by atoms with van der Waals surface area (Å²) in [6, 6.07) is 2.65. The van der Waals surface area contributed by atoms with Crippen LogP contribution in [0.5, 0.6) is 5.75 Å². The van der Waals surface area contributed by atoms with Gasteiger partial charge in [-0.2, -0.15) is 0 Å². The van der Waals surface area contributed by atoms with Gasteiger partial charge in [0, 0.05) is 5.56 Å². The molecule has 1 aliphatic rings. The summed E-state index contributed by atoms with van der Waals surface area (Å²) in [5.74, 6) is -0.814. The van der Waals surface area contributed by atoms with E-state index in [1.165, 1.54) is 19.2 Å². The number of carboxylic acid groups (broad SMARTS) is 1. The molecule has 0 heterocycles. The van der Waals surface area contributed by atoms with E-state index in [0.717, 1.165) is 6.42 Å². The summed E-state index contributed by atoms with van der Waals surface area (Å²) in [4.78, 5) is 11.4. The van der Waals surface area contributed by atoms with Gasteiger partial charge in [0.2, 0.25) is 0 Å². The van der Waals surface area contributed by atoms with Gasteiger partial charge in [0.15, 0.2) is 0 Å². The van der Waals surface area contributed by atoms with Gasteiger partial charge in [0.05, 0.1) is 12.5 Å². The molecule has 0 unspecified atom stereocenters. The Kier molecular flexibility index (Phi) is 2.81. The van der Waals surface area contributed by atoms with Crippen molar-refractivity contribution >= 4 is 5.97 Å². The molecule has 3 nitrogen and oxygen atoms in total. The molecule has 1 aromatic carbocycles. The van der Waals surface area contributed by atoms with Crippen LogP contribution in [0.4, 0.5) is 4.39 Å². The van der Waals surface area contributed by atoms with E-state index >= 15 is 0 Å². The molecule has 1 N–H and O–H groups in total. The summed E-state index contributed by atoms with van der Waals surface area (Å²) in [6.45, 7) is 1.72. The van der Waals surface area contributed by atoms with Gasteiger partial charge in [0.25, 0.3) is 0 Å². The van der Waals surface area contributed by atoms with Crippen molar-refractivity contribution in [2.75, 3.05) is 7.11 Å². The molecular formula is C13H15FO3. The zero-order valence-electron chi connectivity index (χ0n) is 9.92. The summed E-state index contributed by atoms with van der Waals surface area (Å²) in [5, 5.41) is 9.36. The maximum Gasteiger partial charge on any atom is 0.314 e. The van der Waals surface area contributed by atoms with Crippen molar-refractivity contribution in [3.8, 4) is 5.75 Å². The Hall–Kier alpha value is -1.58. The fourth-order valence-corrected chi connectivity index (χ4v) is 2.49. The van der Waals surface area contributed by atoms with E-state index in [1.54, 1.807) is 6.92 Å². The molecule has 1 fully saturated rings. The second-order valence-electron chi connectivity index (χ2n) is 4.54. The molecule has 2 rings (SSSR count). The summed E-state index contributed by atoms with van der Waals surface area (Å²) in [7, 11) is 1.48. The van der Waals surface area contributed by atoms with Crippen LogP contribution < -0.4 is 4.74 Å². The maximum absolute atomic E-state index is 13.5. The van der Waals surface area contributed by atoms with E-state index in [2.05, 4.69) is 0 Å². The Balaban J connectivity index is 2.61. The number of hydrogen-bond acceptors (Lipinski definition) is 2. The van der Waals surface area contributed by atoms with Crippen LogP contribution in [0.3, 0.4) is 0 Å². The third-order valence-corrected chi connectivity index (χ3v) is 3.58. The van der Waals surface area contributed by atoms with Crippen LogP contribution >= 0.6 is 0 Å². The number of ether oxygens (including phenoxy) is 1. The second-order valence-corrected chi connectivity index (χ2v) is 4.54. The molecule has 0 atom stereocenters. The van der Waals surface area contributed by atoms with E-state index in [9.17, 15) is 14.3 Å². The lowest BCUT2D eigenvalue weighted by molar-refractivity contribution is -0.147. The summed E-state index contributed by atoms with van der Waals surface area (Å²) in [5.41, 5.74) is 0.143. The summed E-state index contributed by atoms with van der Waals surface area (Å²) < 4.78 is 18.7. The number of methoxy groups -OCH3 is 1. The molecule has 0 bridgehead atoms. The van der Waals surface area contributed by atoms with E-state index in [0.29, 0.717) is 29.7 Å². The van der Waals surface area contributed by atoms with Gasteiger partial charge in [-0.25, -0.2) is 4.39 Å². The quantitative estimate of drug-likeness (QED) is 0.880. The van der Waals surface area contributed by atoms with E-state index in [4.69, 9.17) is 4.74 Å². The van der Waals surface area contributed by atoms with Crippen molar-refractivity contribution < 1.29 is 19.0 Å². The average Bonchev–Trinajstić information content (AvgIpc) is 2.14. The fourth-order valence-electron chi connectivity index (χ4n) is 2.49. The predicted octanol–water partition coefficient (Wildman–Crippen LogP) is 2.65. The Morgan fingerprint density at radius 1 is 1.47 bits per heavy atom. The van der Waals surface area contributed by atoms with Gasteiger partial charge in [-0.15, -0.1) is 0 Å². The number of rotatable bonds is 3. The second kappa shape index (κ2) is 4.02. The molecule has 0 amide bonds. The van der Waals surface area contributed by atoms with E-state index in [1.807, 2.05) is 0 Å². The first kappa shape index (κ1) is 11.9. The number of benzene rings is 1. The SMILES string of the molecule is COc1c(C)cc(F)cc1C1(C(=O)O)CCC1. The summed E-state index contributed by atoms with van der Waals surface area (Å²) >= 11 is 0. The van der Waals surface area contributed by atoms with E-state index < -0.39 is 17.2 Å². The van der Waals surface area contributed by atoms with Gasteiger partial charge in [0.1, 0.15) is 11.6 Å². The zero-order valence-corrected chi connectivity index (χ0v) is 9.92. The smallest absolute Gasteiger partial charge is 0.314 e. The standard InChI is InChI=1S/C13H15FO3/c1-8-6-9(14)7-10(11(8)17-2)13(12(15)16)4-3-5-13/h6-7H,3-5H2,1-2H3,(H,15,16). The molecule has 4 heteroatoms. The first-order chi connectivity index (χ1) is 8.01. The number of carboxylic acids is 1. The minimum atomic E-state index is -0.960. The third kappa shape index (κ3) is 1.68. The summed E-state index contributed by atoms with van der Waals surface area (Å²) in [6.07, 6.45) is 1.94. The molecule has 17 heavy (non-hydrogen) atoms. The van der Waals surface area contributed by atoms with Crippen molar-refractivity contribution in [1.29, 1.82) is 0 Å². The van der Waals surface area contributed by atoms with Crippen LogP contribution in [-0.2, 0) is 10.2 Å². The highest BCUT2D eigenvalue weighted by atomic mass is 19.1. The Morgan fingerprint density at radius 2 is 2.12 bits per heavy atom. The predicted molar refractivity (Wildman–Crippen MR) is 60.9 cm³/mol. The molecular weight excluding hydrogens is 223 g/mol. The number of aliphatic carboxylic acids is 1. The zero-order chi connectivity index (χ0) is 12.6. The Labute approximate surface area is 99.2 Å². The largest absolute Gasteiger partial charge is 0.496 e. The lowest BCUT2D eigenvalue weighted by Gasteiger charge is -2.39. The first-order valence-electron chi connectivity index (χ1n) is 5.59. The van der Waals surface area contributed by atoms with Crippen LogP contribution in [-0.4, -0.2) is 18.2 Å². The van der Waals surface area contributed by atoms with Crippen LogP contribution in [0.2, 0.25) is 0 Å². The molecule has 0 aromatic heterocycles. The average molecular weight is 238 g/mol. The lowest BCUT2D eigenvalue weighted by Crippen LogP contribution is -2.42. The van der Waals surface area contributed by atoms with Crippen molar-refractivity contribution in [2.24, 2.45) is 0 Å². The number of carbonyl (C=O) groups is 1. The van der Waals surface area contributed by atoms with Crippen LogP contribution in [0.15, 0.2) is 12.1 Å². The van der Waals surface area contributed by atoms with E-state index in [-0.39, 0.29) is 0 Å². The minimum Gasteiger partial charge on any atom is -0.496 e. The van der Waals surface area contributed by atoms with Gasteiger partial charge < -0.3 is 9.84 Å². The first-order valence-corrected chi connectivity index (χ1v) is 5.59. The van der Waals surface area contributed by atoms with Crippen molar-refractivity contribution in [1.82, 2.24) is 0 Å². The normalized spacial score (nSPS) is 17.4. The highest BCUT2D eigenvalue weighted by molar-refractivity contribution is 5.84. The number of aryl methyl sites for hydroxylation is 1. The van der Waals surface area contributed by atoms with Gasteiger partial charge in [-0.05, 0) is 37.5 Å². The molecule has 0 aliphatic heterocycles. The third-order valence-electron chi connectivity index (χ3n) is 3.58. The topological polar surface area (TPSA) is 46.5 Å². The Bertz CT molecular complexity index is 464. The molecule has 0 saturated heterocycles. The van der Waals surface area contributed by atoms with Crippen LogP contribution in [0.25, 0.3) is 0 Å². The maximum atomic E-state index is 13.5. The molecule has 1 aromatic rings. The molecule has 1 aliphatic carbocycles. The fraction of sp³-hybridized carbons (Fsp3) is 0.462. The van der Waals surface area contributed by atoms with Crippen molar-refractivity contribution in [2.45, 2.75) is 31.6 Å². The van der Waals surface area contributed by atoms with Gasteiger partial charge in [-0.3, -0.25) is 4.79 Å². The molecule has 0 radical (unpaired) electrons. The minimum absolute atomic E-state index is 0.411. The Morgan fingerprint density at radius 3 is 2.53 bits per heavy atom. The van der Waals surface area contributed by atoms with Crippen LogP contribution in [0, 0.1) is 12.7 Å². The molecule has 1 saturated carbocycles. The molecule has 92 valence electrons. The highest BCUT2D eigenvalue weighted by Gasteiger charge is 2.48. The van der Waals surface area contributed by atoms with Crippen molar-refractivity contribution in [3.63, 3.8) is 0 Å². The highest BCUT2D eigenvalue weighted by Crippen LogP contribution is 2.48. The van der Waals surface area contributed by atoms with Gasteiger partial charge >= 0.3 is 5.97 Å². The van der Waals surface area contributed by atoms with Crippen LogP contribution in [0.1, 0.15) is 30.4 Å². The number of halogens is 1. The lowest BCUT2D eigenvalue weighted by atomic mass is 9.64. The number of hydrogen-bond donors (Lipinski definition) is 1. The van der Waals surface area contributed by atoms with Gasteiger partial charge in [-0.1, -0.05) is 6.42 Å². The van der Waals surface area contributed by atoms with Crippen molar-refractivity contribution in [3.05, 3.63) is 29.1 Å².